The van der Waals surface area contributed by atoms with Crippen LogP contribution < -0.4 is 19.9 Å². The second-order valence-corrected chi connectivity index (χ2v) is 7.79. The highest BCUT2D eigenvalue weighted by Crippen LogP contribution is 2.37. The van der Waals surface area contributed by atoms with Crippen LogP contribution in [0.1, 0.15) is 25.6 Å². The summed E-state index contributed by atoms with van der Waals surface area (Å²) in [6, 6.07) is 14.9. The molecule has 1 unspecified atom stereocenters. The maximum Gasteiger partial charge on any atom is 0.325 e. The zero-order valence-corrected chi connectivity index (χ0v) is 17.2. The van der Waals surface area contributed by atoms with Crippen LogP contribution >= 0.6 is 11.8 Å². The summed E-state index contributed by atoms with van der Waals surface area (Å²) in [6.45, 7) is 3.51. The van der Waals surface area contributed by atoms with Gasteiger partial charge in [0, 0.05) is 17.6 Å². The van der Waals surface area contributed by atoms with Crippen molar-refractivity contribution < 1.29 is 14.2 Å². The Morgan fingerprint density at radius 3 is 2.62 bits per heavy atom. The van der Waals surface area contributed by atoms with Gasteiger partial charge in [-0.25, -0.2) is 4.90 Å². The van der Waals surface area contributed by atoms with Crippen LogP contribution in [0.2, 0.25) is 0 Å². The molecule has 0 spiro atoms. The molecule has 0 aliphatic carbocycles. The molecule has 2 aromatic carbocycles. The number of aromatic amines is 1. The standard InChI is InChI=1S/C21H20N4O3S/c1-4-29-21-22-19(27)18-16-7-5-6-8-17(16)24(13(2)26)20(25(18)23-21)14-9-11-15(28-3)12-10-14/h5-12,20H,4H2,1-3H3/p+1. The number of hydrogen-bond donors (Lipinski definition) is 1. The molecule has 1 atom stereocenters. The van der Waals surface area contributed by atoms with E-state index in [1.807, 2.05) is 55.5 Å². The number of aromatic nitrogens is 3. The van der Waals surface area contributed by atoms with E-state index in [1.54, 1.807) is 16.7 Å². The summed E-state index contributed by atoms with van der Waals surface area (Å²) in [5, 5.41) is 5.21. The zero-order valence-electron chi connectivity index (χ0n) is 16.4. The number of ether oxygens (including phenoxy) is 1. The van der Waals surface area contributed by atoms with E-state index in [0.29, 0.717) is 27.9 Å². The maximum atomic E-state index is 13.0. The third-order valence-electron chi connectivity index (χ3n) is 4.79. The van der Waals surface area contributed by atoms with E-state index in [9.17, 15) is 9.59 Å². The van der Waals surface area contributed by atoms with Crippen molar-refractivity contribution in [2.75, 3.05) is 17.8 Å². The van der Waals surface area contributed by atoms with Crippen LogP contribution in [-0.4, -0.2) is 28.9 Å². The Bertz CT molecular complexity index is 1130. The molecule has 7 nitrogen and oxygen atoms in total. The molecule has 0 fully saturated rings. The monoisotopic (exact) mass is 409 g/mol. The van der Waals surface area contributed by atoms with Crippen LogP contribution in [0.15, 0.2) is 58.5 Å². The van der Waals surface area contributed by atoms with Crippen molar-refractivity contribution in [3.63, 3.8) is 0 Å². The molecule has 1 N–H and O–H groups in total. The molecule has 4 rings (SSSR count). The molecule has 0 radical (unpaired) electrons. The van der Waals surface area contributed by atoms with Gasteiger partial charge >= 0.3 is 11.3 Å². The molecule has 0 bridgehead atoms. The van der Waals surface area contributed by atoms with Gasteiger partial charge in [-0.2, -0.15) is 0 Å². The number of para-hydroxylation sites is 1. The number of amides is 1. The highest BCUT2D eigenvalue weighted by Gasteiger charge is 2.44. The van der Waals surface area contributed by atoms with E-state index in [2.05, 4.69) is 4.98 Å². The van der Waals surface area contributed by atoms with E-state index in [0.717, 1.165) is 11.3 Å². The normalized spacial score (nSPS) is 14.9. The van der Waals surface area contributed by atoms with Gasteiger partial charge in [-0.15, -0.1) is 0 Å². The Labute approximate surface area is 172 Å². The predicted octanol–water partition coefficient (Wildman–Crippen LogP) is 2.76. The first-order valence-corrected chi connectivity index (χ1v) is 10.3. The maximum absolute atomic E-state index is 13.0. The Balaban J connectivity index is 2.03. The summed E-state index contributed by atoms with van der Waals surface area (Å²) in [5.74, 6) is 1.34. The van der Waals surface area contributed by atoms with Crippen molar-refractivity contribution in [3.8, 4) is 17.0 Å². The van der Waals surface area contributed by atoms with Gasteiger partial charge in [-0.1, -0.05) is 30.8 Å². The molecule has 1 aromatic heterocycles. The lowest BCUT2D eigenvalue weighted by Gasteiger charge is -2.31. The topological polar surface area (TPSA) is 79.2 Å². The Kier molecular flexibility index (Phi) is 5.10. The van der Waals surface area contributed by atoms with Crippen LogP contribution in [0.3, 0.4) is 0 Å². The molecule has 29 heavy (non-hydrogen) atoms. The van der Waals surface area contributed by atoms with Crippen LogP contribution in [0.4, 0.5) is 5.69 Å². The van der Waals surface area contributed by atoms with Crippen LogP contribution in [0, 0.1) is 0 Å². The third kappa shape index (κ3) is 3.29. The average molecular weight is 409 g/mol. The number of methoxy groups -OCH3 is 1. The van der Waals surface area contributed by atoms with Crippen LogP contribution in [-0.2, 0) is 4.79 Å². The number of H-pyrrole nitrogens is 1. The minimum atomic E-state index is -0.582. The Morgan fingerprint density at radius 1 is 1.24 bits per heavy atom. The average Bonchev–Trinajstić information content (AvgIpc) is 2.72. The van der Waals surface area contributed by atoms with Gasteiger partial charge in [-0.05, 0) is 46.8 Å². The predicted molar refractivity (Wildman–Crippen MR) is 111 cm³/mol. The van der Waals surface area contributed by atoms with Crippen molar-refractivity contribution in [2.24, 2.45) is 0 Å². The fourth-order valence-corrected chi connectivity index (χ4v) is 4.17. The van der Waals surface area contributed by atoms with E-state index < -0.39 is 6.17 Å². The van der Waals surface area contributed by atoms with Gasteiger partial charge in [0.05, 0.1) is 18.4 Å². The number of nitrogens with one attached hydrogen (secondary N) is 1. The second-order valence-electron chi connectivity index (χ2n) is 6.54. The first kappa shape index (κ1) is 19.2. The van der Waals surface area contributed by atoms with Gasteiger partial charge < -0.3 is 4.74 Å². The lowest BCUT2D eigenvalue weighted by Crippen LogP contribution is -2.60. The van der Waals surface area contributed by atoms with Crippen molar-refractivity contribution in [2.45, 2.75) is 25.2 Å². The van der Waals surface area contributed by atoms with Gasteiger partial charge in [0.25, 0.3) is 6.17 Å². The highest BCUT2D eigenvalue weighted by atomic mass is 32.2. The van der Waals surface area contributed by atoms with E-state index in [1.165, 1.54) is 18.7 Å². The summed E-state index contributed by atoms with van der Waals surface area (Å²) < 4.78 is 6.92. The van der Waals surface area contributed by atoms with Crippen LogP contribution in [0.5, 0.6) is 5.75 Å². The number of thioether (sulfide) groups is 1. The molecule has 1 amide bonds. The van der Waals surface area contributed by atoms with Crippen molar-refractivity contribution in [3.05, 3.63) is 64.4 Å². The molecule has 148 valence electrons. The number of anilines is 1. The SMILES string of the molecule is CCSc1n[n+]2c(c(=O)[nH]1)-c1ccccc1N(C(C)=O)C2c1ccc(OC)cc1. The smallest absolute Gasteiger partial charge is 0.325 e. The number of carbonyl (C=O) groups is 1. The lowest BCUT2D eigenvalue weighted by atomic mass is 10.0. The van der Waals surface area contributed by atoms with Gasteiger partial charge in [0.2, 0.25) is 11.1 Å². The number of hydrogen-bond acceptors (Lipinski definition) is 5. The van der Waals surface area contributed by atoms with Crippen molar-refractivity contribution >= 4 is 23.4 Å². The van der Waals surface area contributed by atoms with E-state index in [4.69, 9.17) is 9.84 Å². The van der Waals surface area contributed by atoms with Gasteiger partial charge in [-0.3, -0.25) is 14.6 Å². The van der Waals surface area contributed by atoms with Crippen molar-refractivity contribution in [1.82, 2.24) is 10.1 Å². The zero-order chi connectivity index (χ0) is 20.5. The fraction of sp³-hybridized carbons (Fsp3) is 0.238. The summed E-state index contributed by atoms with van der Waals surface area (Å²) in [6.07, 6.45) is -0.582. The minimum Gasteiger partial charge on any atom is -0.497 e. The lowest BCUT2D eigenvalue weighted by molar-refractivity contribution is -0.763. The molecule has 1 aliphatic heterocycles. The summed E-state index contributed by atoms with van der Waals surface area (Å²) in [4.78, 5) is 30.3. The number of nitrogens with zero attached hydrogens (tertiary/aromatic N) is 3. The van der Waals surface area contributed by atoms with E-state index in [-0.39, 0.29) is 11.5 Å². The summed E-state index contributed by atoms with van der Waals surface area (Å²) in [7, 11) is 1.60. The number of carbonyl (C=O) groups excluding carboxylic acids is 1. The molecule has 2 heterocycles. The summed E-state index contributed by atoms with van der Waals surface area (Å²) >= 11 is 1.45. The minimum absolute atomic E-state index is 0.136. The molecule has 8 heteroatoms. The molecule has 0 saturated heterocycles. The number of rotatable bonds is 4. The molecular weight excluding hydrogens is 388 g/mol. The van der Waals surface area contributed by atoms with Crippen molar-refractivity contribution in [1.29, 1.82) is 0 Å². The first-order valence-electron chi connectivity index (χ1n) is 9.27. The second kappa shape index (κ2) is 7.71. The first-order chi connectivity index (χ1) is 14.0. The van der Waals surface area contributed by atoms with Gasteiger partial charge in [0.1, 0.15) is 5.75 Å². The molecule has 3 aromatic rings. The number of fused-ring (bicyclic) bond motifs is 3. The van der Waals surface area contributed by atoms with E-state index >= 15 is 0 Å². The summed E-state index contributed by atoms with van der Waals surface area (Å²) in [5.41, 5.74) is 2.38. The molecule has 1 aliphatic rings. The molecule has 0 saturated carbocycles. The Morgan fingerprint density at radius 2 is 1.97 bits per heavy atom. The third-order valence-corrected chi connectivity index (χ3v) is 5.54. The van der Waals surface area contributed by atoms with Gasteiger partial charge in [0.15, 0.2) is 0 Å². The quantitative estimate of drug-likeness (QED) is 0.530. The highest BCUT2D eigenvalue weighted by molar-refractivity contribution is 7.99. The Hall–Kier alpha value is -3.13. The largest absolute Gasteiger partial charge is 0.497 e. The molecular formula is C21H21N4O3S+. The fourth-order valence-electron chi connectivity index (χ4n) is 3.59. The van der Waals surface area contributed by atoms with Crippen LogP contribution in [0.25, 0.3) is 11.3 Å². The number of benzene rings is 2.